The van der Waals surface area contributed by atoms with Crippen LogP contribution in [0.1, 0.15) is 53.4 Å². The molecule has 0 aliphatic carbocycles. The van der Waals surface area contributed by atoms with Crippen LogP contribution < -0.4 is 5.32 Å². The van der Waals surface area contributed by atoms with E-state index in [1.165, 1.54) is 0 Å². The van der Waals surface area contributed by atoms with Gasteiger partial charge in [-0.15, -0.1) is 0 Å². The van der Waals surface area contributed by atoms with Gasteiger partial charge in [0, 0.05) is 25.7 Å². The molecule has 0 amide bonds. The van der Waals surface area contributed by atoms with Gasteiger partial charge in [0.1, 0.15) is 5.54 Å². The van der Waals surface area contributed by atoms with Crippen molar-refractivity contribution in [3.63, 3.8) is 0 Å². The molecule has 0 bridgehead atoms. The molecule has 124 valence electrons. The van der Waals surface area contributed by atoms with Gasteiger partial charge in [-0.05, 0) is 59.9 Å². The van der Waals surface area contributed by atoms with E-state index in [0.717, 1.165) is 45.5 Å². The number of nitrogens with zero attached hydrogens (tertiary/aromatic N) is 1. The molecule has 0 spiro atoms. The Hall–Kier alpha value is -0.650. The third-order valence-electron chi connectivity index (χ3n) is 4.02. The molecule has 1 rings (SSSR count). The van der Waals surface area contributed by atoms with Gasteiger partial charge in [-0.2, -0.15) is 0 Å². The SMILES string of the molecule is CC(C)NC(C)(CCCCN1CCCOC(C)C1)C(=O)O. The second-order valence-electron chi connectivity index (χ2n) is 6.73. The molecule has 5 nitrogen and oxygen atoms in total. The molecule has 0 aromatic heterocycles. The molecule has 1 heterocycles. The Morgan fingerprint density at radius 3 is 2.81 bits per heavy atom. The predicted molar refractivity (Wildman–Crippen MR) is 84.6 cm³/mol. The summed E-state index contributed by atoms with van der Waals surface area (Å²) in [7, 11) is 0. The normalized spacial score (nSPS) is 23.8. The van der Waals surface area contributed by atoms with Crippen LogP contribution in [0.3, 0.4) is 0 Å². The number of aliphatic carboxylic acids is 1. The number of carbonyl (C=O) groups is 1. The van der Waals surface area contributed by atoms with Crippen molar-refractivity contribution in [2.75, 3.05) is 26.2 Å². The second kappa shape index (κ2) is 8.71. The van der Waals surface area contributed by atoms with E-state index in [1.54, 1.807) is 6.92 Å². The highest BCUT2D eigenvalue weighted by Gasteiger charge is 2.32. The Morgan fingerprint density at radius 1 is 1.48 bits per heavy atom. The molecular formula is C16H32N2O3. The van der Waals surface area contributed by atoms with Gasteiger partial charge in [0.05, 0.1) is 6.10 Å². The van der Waals surface area contributed by atoms with Crippen molar-refractivity contribution in [2.24, 2.45) is 0 Å². The molecule has 2 atom stereocenters. The summed E-state index contributed by atoms with van der Waals surface area (Å²) in [5.74, 6) is -0.756. The van der Waals surface area contributed by atoms with Crippen LogP contribution in [0, 0.1) is 0 Å². The van der Waals surface area contributed by atoms with Crippen molar-refractivity contribution in [3.05, 3.63) is 0 Å². The van der Waals surface area contributed by atoms with Crippen LogP contribution in [0.15, 0.2) is 0 Å². The molecule has 2 unspecified atom stereocenters. The summed E-state index contributed by atoms with van der Waals surface area (Å²) in [4.78, 5) is 13.9. The van der Waals surface area contributed by atoms with E-state index in [1.807, 2.05) is 13.8 Å². The average molecular weight is 300 g/mol. The first-order valence-electron chi connectivity index (χ1n) is 8.18. The smallest absolute Gasteiger partial charge is 0.323 e. The van der Waals surface area contributed by atoms with Gasteiger partial charge in [-0.1, -0.05) is 0 Å². The first kappa shape index (κ1) is 18.4. The van der Waals surface area contributed by atoms with Crippen molar-refractivity contribution in [1.82, 2.24) is 10.2 Å². The second-order valence-corrected chi connectivity index (χ2v) is 6.73. The van der Waals surface area contributed by atoms with E-state index in [2.05, 4.69) is 17.1 Å². The standard InChI is InChI=1S/C16H32N2O3/c1-13(2)17-16(4,15(19)20)8-5-6-9-18-10-7-11-21-14(3)12-18/h13-14,17H,5-12H2,1-4H3,(H,19,20). The zero-order valence-corrected chi connectivity index (χ0v) is 14.0. The number of hydrogen-bond donors (Lipinski definition) is 2. The zero-order valence-electron chi connectivity index (χ0n) is 14.0. The minimum Gasteiger partial charge on any atom is -0.480 e. The Bertz CT molecular complexity index is 323. The number of carboxylic acid groups (broad SMARTS) is 1. The third-order valence-corrected chi connectivity index (χ3v) is 4.02. The fourth-order valence-corrected chi connectivity index (χ4v) is 2.98. The monoisotopic (exact) mass is 300 g/mol. The maximum absolute atomic E-state index is 11.5. The first-order chi connectivity index (χ1) is 9.83. The fraction of sp³-hybridized carbons (Fsp3) is 0.938. The topological polar surface area (TPSA) is 61.8 Å². The molecule has 0 aromatic carbocycles. The largest absolute Gasteiger partial charge is 0.480 e. The van der Waals surface area contributed by atoms with E-state index in [-0.39, 0.29) is 6.04 Å². The minimum atomic E-state index is -0.816. The van der Waals surface area contributed by atoms with E-state index in [4.69, 9.17) is 4.74 Å². The average Bonchev–Trinajstić information content (AvgIpc) is 2.58. The molecule has 1 saturated heterocycles. The lowest BCUT2D eigenvalue weighted by molar-refractivity contribution is -0.144. The molecule has 21 heavy (non-hydrogen) atoms. The van der Waals surface area contributed by atoms with Crippen molar-refractivity contribution in [1.29, 1.82) is 0 Å². The van der Waals surface area contributed by atoms with Gasteiger partial charge in [0.2, 0.25) is 0 Å². The van der Waals surface area contributed by atoms with E-state index in [0.29, 0.717) is 12.5 Å². The summed E-state index contributed by atoms with van der Waals surface area (Å²) < 4.78 is 5.64. The van der Waals surface area contributed by atoms with Crippen LogP contribution in [0.4, 0.5) is 0 Å². The Kier molecular flexibility index (Phi) is 7.63. The molecule has 0 radical (unpaired) electrons. The number of nitrogens with one attached hydrogen (secondary N) is 1. The van der Waals surface area contributed by atoms with Gasteiger partial charge in [0.25, 0.3) is 0 Å². The molecule has 0 aromatic rings. The number of unbranched alkanes of at least 4 members (excludes halogenated alkanes) is 1. The van der Waals surface area contributed by atoms with E-state index < -0.39 is 11.5 Å². The number of ether oxygens (including phenoxy) is 1. The lowest BCUT2D eigenvalue weighted by Crippen LogP contribution is -2.52. The Labute approximate surface area is 129 Å². The maximum Gasteiger partial charge on any atom is 0.323 e. The van der Waals surface area contributed by atoms with Gasteiger partial charge in [-0.3, -0.25) is 10.1 Å². The molecule has 0 saturated carbocycles. The van der Waals surface area contributed by atoms with Crippen molar-refractivity contribution in [3.8, 4) is 0 Å². The maximum atomic E-state index is 11.5. The molecule has 1 aliphatic heterocycles. The Balaban J connectivity index is 2.32. The van der Waals surface area contributed by atoms with Crippen LogP contribution in [-0.4, -0.2) is 59.9 Å². The minimum absolute atomic E-state index is 0.176. The summed E-state index contributed by atoms with van der Waals surface area (Å²) in [5.41, 5.74) is -0.816. The molecule has 1 aliphatic rings. The summed E-state index contributed by atoms with van der Waals surface area (Å²) in [6.45, 7) is 11.8. The summed E-state index contributed by atoms with van der Waals surface area (Å²) in [6.07, 6.45) is 4.02. The highest BCUT2D eigenvalue weighted by Crippen LogP contribution is 2.16. The summed E-state index contributed by atoms with van der Waals surface area (Å²) >= 11 is 0. The van der Waals surface area contributed by atoms with Crippen LogP contribution >= 0.6 is 0 Å². The van der Waals surface area contributed by atoms with Gasteiger partial charge >= 0.3 is 5.97 Å². The lowest BCUT2D eigenvalue weighted by Gasteiger charge is -2.29. The van der Waals surface area contributed by atoms with Gasteiger partial charge < -0.3 is 14.7 Å². The van der Waals surface area contributed by atoms with Gasteiger partial charge in [-0.25, -0.2) is 0 Å². The molecular weight excluding hydrogens is 268 g/mol. The predicted octanol–water partition coefficient (Wildman–Crippen LogP) is 2.11. The van der Waals surface area contributed by atoms with Crippen molar-refractivity contribution in [2.45, 2.75) is 71.1 Å². The fourth-order valence-electron chi connectivity index (χ4n) is 2.98. The third kappa shape index (κ3) is 6.76. The van der Waals surface area contributed by atoms with Gasteiger partial charge in [0.15, 0.2) is 0 Å². The lowest BCUT2D eigenvalue weighted by atomic mass is 9.94. The van der Waals surface area contributed by atoms with Crippen molar-refractivity contribution < 1.29 is 14.6 Å². The zero-order chi connectivity index (χ0) is 15.9. The highest BCUT2D eigenvalue weighted by atomic mass is 16.5. The summed E-state index contributed by atoms with van der Waals surface area (Å²) in [5, 5.41) is 12.6. The van der Waals surface area contributed by atoms with Crippen LogP contribution in [-0.2, 0) is 9.53 Å². The van der Waals surface area contributed by atoms with Crippen LogP contribution in [0.2, 0.25) is 0 Å². The molecule has 5 heteroatoms. The van der Waals surface area contributed by atoms with Crippen LogP contribution in [0.5, 0.6) is 0 Å². The highest BCUT2D eigenvalue weighted by molar-refractivity contribution is 5.78. The quantitative estimate of drug-likeness (QED) is 0.672. The van der Waals surface area contributed by atoms with E-state index in [9.17, 15) is 9.90 Å². The molecule has 2 N–H and O–H groups in total. The number of carboxylic acids is 1. The van der Waals surface area contributed by atoms with E-state index >= 15 is 0 Å². The summed E-state index contributed by atoms with van der Waals surface area (Å²) in [6, 6.07) is 0.176. The first-order valence-corrected chi connectivity index (χ1v) is 8.18. The number of rotatable bonds is 8. The Morgan fingerprint density at radius 2 is 2.19 bits per heavy atom. The molecule has 1 fully saturated rings. The van der Waals surface area contributed by atoms with Crippen molar-refractivity contribution >= 4 is 5.97 Å². The van der Waals surface area contributed by atoms with Crippen LogP contribution in [0.25, 0.3) is 0 Å². The number of hydrogen-bond acceptors (Lipinski definition) is 4.